The zero-order valence-corrected chi connectivity index (χ0v) is 8.29. The molecule has 0 aliphatic carbocycles. The fourth-order valence-corrected chi connectivity index (χ4v) is 1.29. The molecule has 0 saturated heterocycles. The Hall–Kier alpha value is -2.30. The van der Waals surface area contributed by atoms with E-state index in [1.165, 1.54) is 6.07 Å². The highest BCUT2D eigenvalue weighted by Crippen LogP contribution is 2.18. The number of nitrogens with zero attached hydrogens (tertiary/aromatic N) is 2. The highest BCUT2D eigenvalue weighted by Gasteiger charge is 2.13. The second-order valence-corrected chi connectivity index (χ2v) is 3.15. The van der Waals surface area contributed by atoms with Crippen LogP contribution in [0.3, 0.4) is 0 Å². The minimum absolute atomic E-state index is 0.0541. The molecule has 16 heavy (non-hydrogen) atoms. The van der Waals surface area contributed by atoms with Gasteiger partial charge in [-0.1, -0.05) is 40.7 Å². The molecule has 0 spiro atoms. The largest absolute Gasteiger partial charge is 0.352 e. The summed E-state index contributed by atoms with van der Waals surface area (Å²) in [6.45, 7) is -0.427. The smallest absolute Gasteiger partial charge is 0.225 e. The molecule has 0 unspecified atom stereocenters. The number of carbonyl (C=O) groups excluding carboxylic acids is 1. The molecule has 0 aliphatic rings. The minimum Gasteiger partial charge on any atom is -0.352 e. The predicted octanol–water partition coefficient (Wildman–Crippen LogP) is 2.29. The van der Waals surface area contributed by atoms with E-state index in [2.05, 4.69) is 10.3 Å². The van der Waals surface area contributed by atoms with E-state index >= 15 is 0 Å². The first-order valence-electron chi connectivity index (χ1n) is 4.65. The molecule has 5 heteroatoms. The number of hydrogen-bond donors (Lipinski definition) is 0. The molecule has 80 valence electrons. The molecule has 1 heterocycles. The lowest BCUT2D eigenvalue weighted by Gasteiger charge is -1.91. The number of ketones is 1. The van der Waals surface area contributed by atoms with Crippen LogP contribution in [-0.4, -0.2) is 17.5 Å². The Morgan fingerprint density at radius 2 is 2.06 bits per heavy atom. The molecule has 0 bridgehead atoms. The molecule has 0 aliphatic heterocycles. The van der Waals surface area contributed by atoms with Crippen molar-refractivity contribution in [3.63, 3.8) is 0 Å². The van der Waals surface area contributed by atoms with Gasteiger partial charge in [-0.2, -0.15) is 4.91 Å². The van der Waals surface area contributed by atoms with Crippen LogP contribution in [0.1, 0.15) is 10.6 Å². The fraction of sp³-hybridized carbons (Fsp3) is 0.0909. The van der Waals surface area contributed by atoms with E-state index in [-0.39, 0.29) is 5.76 Å². The molecule has 1 aromatic heterocycles. The Morgan fingerprint density at radius 3 is 2.75 bits per heavy atom. The first-order chi connectivity index (χ1) is 7.81. The van der Waals surface area contributed by atoms with Crippen LogP contribution in [0.15, 0.2) is 46.1 Å². The van der Waals surface area contributed by atoms with Gasteiger partial charge < -0.3 is 4.52 Å². The van der Waals surface area contributed by atoms with Crippen molar-refractivity contribution in [2.45, 2.75) is 0 Å². The van der Waals surface area contributed by atoms with E-state index < -0.39 is 12.3 Å². The molecular weight excluding hydrogens is 208 g/mol. The van der Waals surface area contributed by atoms with Crippen LogP contribution in [0.25, 0.3) is 11.3 Å². The summed E-state index contributed by atoms with van der Waals surface area (Å²) in [4.78, 5) is 21.2. The van der Waals surface area contributed by atoms with Crippen molar-refractivity contribution in [1.82, 2.24) is 5.16 Å². The van der Waals surface area contributed by atoms with E-state index in [0.717, 1.165) is 5.56 Å². The third kappa shape index (κ3) is 2.03. The standard InChI is InChI=1S/C11H8N2O3/c14-10(7-12-15)11-6-9(13-16-11)8-4-2-1-3-5-8/h1-6H,7H2. The van der Waals surface area contributed by atoms with Crippen molar-refractivity contribution >= 4 is 5.78 Å². The van der Waals surface area contributed by atoms with Gasteiger partial charge in [-0.05, 0) is 0 Å². The zero-order chi connectivity index (χ0) is 11.4. The number of Topliss-reactive ketones (excluding diaryl/α,β-unsaturated/α-hetero) is 1. The monoisotopic (exact) mass is 216 g/mol. The average molecular weight is 216 g/mol. The summed E-state index contributed by atoms with van der Waals surface area (Å²) in [5.74, 6) is -0.414. The van der Waals surface area contributed by atoms with Crippen LogP contribution in [0.4, 0.5) is 0 Å². The lowest BCUT2D eigenvalue weighted by molar-refractivity contribution is 0.0966. The fourth-order valence-electron chi connectivity index (χ4n) is 1.29. The number of hydrogen-bond acceptors (Lipinski definition) is 5. The Kier molecular flexibility index (Phi) is 2.86. The molecule has 0 saturated carbocycles. The van der Waals surface area contributed by atoms with Crippen molar-refractivity contribution in [1.29, 1.82) is 0 Å². The van der Waals surface area contributed by atoms with Gasteiger partial charge in [-0.15, -0.1) is 0 Å². The van der Waals surface area contributed by atoms with Crippen LogP contribution in [0.2, 0.25) is 0 Å². The topological polar surface area (TPSA) is 72.5 Å². The predicted molar refractivity (Wildman–Crippen MR) is 56.9 cm³/mol. The molecule has 2 aromatic rings. The summed E-state index contributed by atoms with van der Waals surface area (Å²) in [5, 5.41) is 6.26. The van der Waals surface area contributed by atoms with E-state index in [1.54, 1.807) is 0 Å². The number of aromatic nitrogens is 1. The lowest BCUT2D eigenvalue weighted by atomic mass is 10.1. The van der Waals surface area contributed by atoms with Gasteiger partial charge in [-0.25, -0.2) is 0 Å². The highest BCUT2D eigenvalue weighted by atomic mass is 16.5. The Balaban J connectivity index is 2.26. The Morgan fingerprint density at radius 1 is 1.31 bits per heavy atom. The van der Waals surface area contributed by atoms with E-state index in [1.807, 2.05) is 30.3 Å². The molecule has 0 amide bonds. The number of rotatable bonds is 4. The van der Waals surface area contributed by atoms with Gasteiger partial charge in [0.25, 0.3) is 0 Å². The van der Waals surface area contributed by atoms with Crippen LogP contribution in [0, 0.1) is 4.91 Å². The third-order valence-electron chi connectivity index (χ3n) is 2.06. The van der Waals surface area contributed by atoms with Crippen molar-refractivity contribution in [2.75, 3.05) is 6.54 Å². The van der Waals surface area contributed by atoms with Crippen molar-refractivity contribution < 1.29 is 9.32 Å². The first kappa shape index (κ1) is 10.2. The van der Waals surface area contributed by atoms with Gasteiger partial charge in [0, 0.05) is 11.6 Å². The molecule has 5 nitrogen and oxygen atoms in total. The maximum absolute atomic E-state index is 11.3. The summed E-state index contributed by atoms with van der Waals surface area (Å²) >= 11 is 0. The molecule has 2 rings (SSSR count). The van der Waals surface area contributed by atoms with Crippen LogP contribution in [0.5, 0.6) is 0 Å². The van der Waals surface area contributed by atoms with Gasteiger partial charge in [0.1, 0.15) is 12.2 Å². The average Bonchev–Trinajstić information content (AvgIpc) is 2.80. The highest BCUT2D eigenvalue weighted by molar-refractivity contribution is 5.95. The summed E-state index contributed by atoms with van der Waals surface area (Å²) < 4.78 is 4.83. The molecule has 0 atom stereocenters. The molecule has 0 N–H and O–H groups in total. The molecule has 1 aromatic carbocycles. The maximum atomic E-state index is 11.3. The van der Waals surface area contributed by atoms with Crippen LogP contribution < -0.4 is 0 Å². The van der Waals surface area contributed by atoms with Gasteiger partial charge in [-0.3, -0.25) is 4.79 Å². The number of benzene rings is 1. The van der Waals surface area contributed by atoms with Crippen molar-refractivity contribution in [3.8, 4) is 11.3 Å². The summed E-state index contributed by atoms with van der Waals surface area (Å²) in [6.07, 6.45) is 0. The molecule has 0 fully saturated rings. The SMILES string of the molecule is O=NCC(=O)c1cc(-c2ccccc2)no1. The zero-order valence-electron chi connectivity index (χ0n) is 8.29. The lowest BCUT2D eigenvalue weighted by Crippen LogP contribution is -2.00. The summed E-state index contributed by atoms with van der Waals surface area (Å²) in [6, 6.07) is 10.8. The normalized spacial score (nSPS) is 10.0. The Bertz CT molecular complexity index is 505. The Labute approximate surface area is 91.0 Å². The van der Waals surface area contributed by atoms with Gasteiger partial charge in [0.2, 0.25) is 11.5 Å². The van der Waals surface area contributed by atoms with Gasteiger partial charge in [0.05, 0.1) is 0 Å². The quantitative estimate of drug-likeness (QED) is 0.580. The van der Waals surface area contributed by atoms with E-state index in [4.69, 9.17) is 4.52 Å². The van der Waals surface area contributed by atoms with E-state index in [0.29, 0.717) is 5.69 Å². The first-order valence-corrected chi connectivity index (χ1v) is 4.65. The summed E-state index contributed by atoms with van der Waals surface area (Å²) in [5.41, 5.74) is 1.42. The van der Waals surface area contributed by atoms with Crippen molar-refractivity contribution in [3.05, 3.63) is 47.1 Å². The molecule has 0 radical (unpaired) electrons. The van der Waals surface area contributed by atoms with Gasteiger partial charge in [0.15, 0.2) is 0 Å². The van der Waals surface area contributed by atoms with Crippen LogP contribution >= 0.6 is 0 Å². The number of carbonyl (C=O) groups is 1. The van der Waals surface area contributed by atoms with E-state index in [9.17, 15) is 9.70 Å². The van der Waals surface area contributed by atoms with Crippen molar-refractivity contribution in [2.24, 2.45) is 5.18 Å². The second kappa shape index (κ2) is 4.48. The van der Waals surface area contributed by atoms with Gasteiger partial charge >= 0.3 is 0 Å². The van der Waals surface area contributed by atoms with Crippen LogP contribution in [-0.2, 0) is 0 Å². The third-order valence-corrected chi connectivity index (χ3v) is 2.06. The maximum Gasteiger partial charge on any atom is 0.225 e. The second-order valence-electron chi connectivity index (χ2n) is 3.15. The number of nitroso groups, excluding NO2 is 1. The summed E-state index contributed by atoms with van der Waals surface area (Å²) in [7, 11) is 0. The molecular formula is C11H8N2O3. The minimum atomic E-state index is -0.468.